The Hall–Kier alpha value is -3.33. The van der Waals surface area contributed by atoms with Gasteiger partial charge in [0, 0.05) is 13.1 Å². The maximum absolute atomic E-state index is 13.1. The molecule has 28 heavy (non-hydrogen) atoms. The van der Waals surface area contributed by atoms with E-state index >= 15 is 0 Å². The van der Waals surface area contributed by atoms with E-state index in [1.807, 2.05) is 24.3 Å². The number of hydrogen-bond acceptors (Lipinski definition) is 6. The molecular weight excluding hydrogens is 379 g/mol. The number of carbonyl (C=O) groups excluding carboxylic acids is 1. The summed E-state index contributed by atoms with van der Waals surface area (Å²) in [5.41, 5.74) is 1.59. The molecule has 9 heteroatoms. The number of aryl methyl sites for hydroxylation is 1. The molecule has 2 heterocycles. The number of halogens is 1. The number of thiazole rings is 1. The van der Waals surface area contributed by atoms with Gasteiger partial charge in [0.2, 0.25) is 5.82 Å². The first kappa shape index (κ1) is 18.1. The maximum atomic E-state index is 13.1. The second-order valence-electron chi connectivity index (χ2n) is 6.04. The van der Waals surface area contributed by atoms with Crippen LogP contribution in [0.4, 0.5) is 9.52 Å². The summed E-state index contributed by atoms with van der Waals surface area (Å²) in [5.74, 6) is -0.0821. The van der Waals surface area contributed by atoms with Crippen LogP contribution in [0.3, 0.4) is 0 Å². The molecule has 2 aromatic carbocycles. The van der Waals surface area contributed by atoms with Crippen LogP contribution < -0.4 is 10.6 Å². The Morgan fingerprint density at radius 2 is 1.89 bits per heavy atom. The van der Waals surface area contributed by atoms with Gasteiger partial charge in [-0.05, 0) is 43.3 Å². The minimum Gasteiger partial charge on any atom is -0.360 e. The molecule has 0 unspecified atom stereocenters. The lowest BCUT2D eigenvalue weighted by molar-refractivity contribution is 0.0945. The number of fused-ring (bicyclic) bond motifs is 1. The summed E-state index contributed by atoms with van der Waals surface area (Å²) < 4.78 is 15.7. The topological polar surface area (TPSA) is 84.7 Å². The molecule has 0 saturated carbocycles. The lowest BCUT2D eigenvalue weighted by Gasteiger charge is -2.04. The molecule has 0 bridgehead atoms. The minimum atomic E-state index is -0.366. The second kappa shape index (κ2) is 7.73. The van der Waals surface area contributed by atoms with Crippen LogP contribution in [0, 0.1) is 12.7 Å². The smallest absolute Gasteiger partial charge is 0.291 e. The summed E-state index contributed by atoms with van der Waals surface area (Å²) in [4.78, 5) is 21.0. The van der Waals surface area contributed by atoms with Crippen molar-refractivity contribution >= 4 is 32.6 Å². The fourth-order valence-corrected chi connectivity index (χ4v) is 3.58. The molecule has 0 aliphatic heterocycles. The van der Waals surface area contributed by atoms with Gasteiger partial charge in [-0.25, -0.2) is 19.0 Å². The highest BCUT2D eigenvalue weighted by Gasteiger charge is 2.15. The Morgan fingerprint density at radius 3 is 2.68 bits per heavy atom. The molecule has 2 aromatic heterocycles. The number of nitrogens with zero attached hydrogens (tertiary/aromatic N) is 4. The predicted molar refractivity (Wildman–Crippen MR) is 106 cm³/mol. The van der Waals surface area contributed by atoms with Gasteiger partial charge in [0.15, 0.2) is 5.13 Å². The molecule has 4 aromatic rings. The molecule has 0 aliphatic carbocycles. The third kappa shape index (κ3) is 3.84. The molecule has 0 spiro atoms. The molecule has 2 N–H and O–H groups in total. The van der Waals surface area contributed by atoms with Crippen molar-refractivity contribution in [1.82, 2.24) is 25.1 Å². The predicted octanol–water partition coefficient (Wildman–Crippen LogP) is 3.17. The van der Waals surface area contributed by atoms with E-state index in [0.29, 0.717) is 24.6 Å². The van der Waals surface area contributed by atoms with E-state index in [1.165, 1.54) is 16.8 Å². The molecule has 0 saturated heterocycles. The zero-order chi connectivity index (χ0) is 19.5. The Morgan fingerprint density at radius 1 is 1.11 bits per heavy atom. The molecule has 0 radical (unpaired) electrons. The van der Waals surface area contributed by atoms with Crippen LogP contribution in [0.25, 0.3) is 15.9 Å². The summed E-state index contributed by atoms with van der Waals surface area (Å²) in [5, 5.41) is 11.0. The number of benzene rings is 2. The van der Waals surface area contributed by atoms with E-state index in [-0.39, 0.29) is 17.5 Å². The quantitative estimate of drug-likeness (QED) is 0.489. The first-order chi connectivity index (χ1) is 13.6. The first-order valence-corrected chi connectivity index (χ1v) is 9.49. The van der Waals surface area contributed by atoms with Crippen LogP contribution >= 0.6 is 11.3 Å². The molecule has 7 nitrogen and oxygen atoms in total. The van der Waals surface area contributed by atoms with E-state index in [2.05, 4.69) is 25.7 Å². The van der Waals surface area contributed by atoms with Crippen molar-refractivity contribution in [2.24, 2.45) is 0 Å². The molecule has 142 valence electrons. The first-order valence-electron chi connectivity index (χ1n) is 8.67. The average molecular weight is 396 g/mol. The Kier molecular flexibility index (Phi) is 4.98. The monoisotopic (exact) mass is 396 g/mol. The van der Waals surface area contributed by atoms with E-state index < -0.39 is 0 Å². The normalized spacial score (nSPS) is 10.9. The summed E-state index contributed by atoms with van der Waals surface area (Å²) >= 11 is 1.57. The number of para-hydroxylation sites is 1. The van der Waals surface area contributed by atoms with E-state index in [0.717, 1.165) is 15.3 Å². The van der Waals surface area contributed by atoms with E-state index in [9.17, 15) is 9.18 Å². The summed E-state index contributed by atoms with van der Waals surface area (Å²) in [6.07, 6.45) is 0. The van der Waals surface area contributed by atoms with Crippen LogP contribution in [0.1, 0.15) is 16.4 Å². The van der Waals surface area contributed by atoms with Gasteiger partial charge >= 0.3 is 0 Å². The zero-order valence-corrected chi connectivity index (χ0v) is 15.8. The van der Waals surface area contributed by atoms with Crippen LogP contribution in [-0.2, 0) is 0 Å². The van der Waals surface area contributed by atoms with Crippen LogP contribution in [0.2, 0.25) is 0 Å². The Balaban J connectivity index is 1.33. The standard InChI is InChI=1S/C19H17FN6OS/c1-12-23-17(25-26(12)14-8-6-13(20)7-9-14)18(27)21-10-11-22-19-24-15-4-2-3-5-16(15)28-19/h2-9H,10-11H2,1H3,(H,21,27)(H,22,24). The third-order valence-electron chi connectivity index (χ3n) is 4.02. The van der Waals surface area contributed by atoms with Crippen molar-refractivity contribution in [3.8, 4) is 5.69 Å². The van der Waals surface area contributed by atoms with Crippen molar-refractivity contribution < 1.29 is 9.18 Å². The second-order valence-corrected chi connectivity index (χ2v) is 7.07. The Bertz CT molecular complexity index is 1090. The van der Waals surface area contributed by atoms with Gasteiger partial charge < -0.3 is 10.6 Å². The van der Waals surface area contributed by atoms with Crippen molar-refractivity contribution in [2.75, 3.05) is 18.4 Å². The van der Waals surface area contributed by atoms with Crippen molar-refractivity contribution in [2.45, 2.75) is 6.92 Å². The molecule has 4 rings (SSSR count). The lowest BCUT2D eigenvalue weighted by atomic mass is 10.3. The van der Waals surface area contributed by atoms with Gasteiger partial charge in [-0.1, -0.05) is 23.5 Å². The van der Waals surface area contributed by atoms with Gasteiger partial charge in [0.1, 0.15) is 11.6 Å². The highest BCUT2D eigenvalue weighted by atomic mass is 32.1. The highest BCUT2D eigenvalue weighted by molar-refractivity contribution is 7.22. The molecular formula is C19H17FN6OS. The van der Waals surface area contributed by atoms with Gasteiger partial charge in [-0.3, -0.25) is 4.79 Å². The van der Waals surface area contributed by atoms with Crippen LogP contribution in [0.15, 0.2) is 48.5 Å². The Labute approximate surface area is 164 Å². The highest BCUT2D eigenvalue weighted by Crippen LogP contribution is 2.24. The number of hydrogen-bond donors (Lipinski definition) is 2. The maximum Gasteiger partial charge on any atom is 0.291 e. The molecule has 0 aliphatic rings. The van der Waals surface area contributed by atoms with E-state index in [4.69, 9.17) is 0 Å². The number of rotatable bonds is 6. The van der Waals surface area contributed by atoms with Crippen molar-refractivity contribution in [1.29, 1.82) is 0 Å². The fraction of sp³-hybridized carbons (Fsp3) is 0.158. The van der Waals surface area contributed by atoms with Gasteiger partial charge in [-0.2, -0.15) is 0 Å². The summed E-state index contributed by atoms with van der Waals surface area (Å²) in [6, 6.07) is 13.8. The number of amides is 1. The SMILES string of the molecule is Cc1nc(C(=O)NCCNc2nc3ccccc3s2)nn1-c1ccc(F)cc1. The molecule has 1 amide bonds. The number of aromatic nitrogens is 4. The molecule has 0 atom stereocenters. The zero-order valence-electron chi connectivity index (χ0n) is 15.0. The number of nitrogens with one attached hydrogen (secondary N) is 2. The van der Waals surface area contributed by atoms with E-state index in [1.54, 1.807) is 30.4 Å². The molecule has 0 fully saturated rings. The van der Waals surface area contributed by atoms with Gasteiger partial charge in [0.25, 0.3) is 5.91 Å². The van der Waals surface area contributed by atoms with Crippen LogP contribution in [-0.4, -0.2) is 38.7 Å². The lowest BCUT2D eigenvalue weighted by Crippen LogP contribution is -2.29. The number of anilines is 1. The minimum absolute atomic E-state index is 0.0711. The summed E-state index contributed by atoms with van der Waals surface area (Å²) in [6.45, 7) is 2.67. The largest absolute Gasteiger partial charge is 0.360 e. The van der Waals surface area contributed by atoms with Gasteiger partial charge in [0.05, 0.1) is 15.9 Å². The van der Waals surface area contributed by atoms with Crippen molar-refractivity contribution in [3.63, 3.8) is 0 Å². The van der Waals surface area contributed by atoms with Crippen LogP contribution in [0.5, 0.6) is 0 Å². The average Bonchev–Trinajstić information content (AvgIpc) is 3.29. The summed E-state index contributed by atoms with van der Waals surface area (Å²) in [7, 11) is 0. The fourth-order valence-electron chi connectivity index (χ4n) is 2.69. The number of carbonyl (C=O) groups is 1. The van der Waals surface area contributed by atoms with Crippen molar-refractivity contribution in [3.05, 3.63) is 66.0 Å². The third-order valence-corrected chi connectivity index (χ3v) is 5.02. The van der Waals surface area contributed by atoms with Gasteiger partial charge in [-0.15, -0.1) is 5.10 Å².